The van der Waals surface area contributed by atoms with Gasteiger partial charge >= 0.3 is 0 Å². The van der Waals surface area contributed by atoms with E-state index in [9.17, 15) is 0 Å². The van der Waals surface area contributed by atoms with Crippen LogP contribution in [0, 0.1) is 11.3 Å². The van der Waals surface area contributed by atoms with Crippen molar-refractivity contribution in [3.8, 4) is 0 Å². The van der Waals surface area contributed by atoms with Crippen molar-refractivity contribution in [2.24, 2.45) is 17.1 Å². The molecule has 58 valence electrons. The fourth-order valence-corrected chi connectivity index (χ4v) is 1.79. The molecule has 1 heteroatoms. The predicted molar refractivity (Wildman–Crippen MR) is 44.7 cm³/mol. The van der Waals surface area contributed by atoms with Gasteiger partial charge in [0.05, 0.1) is 0 Å². The van der Waals surface area contributed by atoms with Gasteiger partial charge in [0, 0.05) is 12.0 Å². The van der Waals surface area contributed by atoms with E-state index in [1.807, 2.05) is 0 Å². The number of rotatable bonds is 2. The molecular weight excluding hydrogens is 122 g/mol. The van der Waals surface area contributed by atoms with Crippen LogP contribution in [0.5, 0.6) is 0 Å². The quantitative estimate of drug-likeness (QED) is 0.581. The lowest BCUT2D eigenvalue weighted by Crippen LogP contribution is -2.31. The Morgan fingerprint density at radius 1 is 1.70 bits per heavy atom. The topological polar surface area (TPSA) is 26.0 Å². The van der Waals surface area contributed by atoms with E-state index in [-0.39, 0.29) is 0 Å². The molecule has 0 saturated carbocycles. The van der Waals surface area contributed by atoms with Crippen LogP contribution in [0.4, 0.5) is 0 Å². The highest BCUT2D eigenvalue weighted by molar-refractivity contribution is 5.10. The maximum Gasteiger partial charge on any atom is 0.00303 e. The van der Waals surface area contributed by atoms with Gasteiger partial charge in [0.25, 0.3) is 0 Å². The summed E-state index contributed by atoms with van der Waals surface area (Å²) in [6, 6.07) is 0. The summed E-state index contributed by atoms with van der Waals surface area (Å²) in [5, 5.41) is 0. The van der Waals surface area contributed by atoms with Gasteiger partial charge in [-0.1, -0.05) is 26.0 Å². The first-order valence-electron chi connectivity index (χ1n) is 4.13. The summed E-state index contributed by atoms with van der Waals surface area (Å²) < 4.78 is 0. The summed E-state index contributed by atoms with van der Waals surface area (Å²) in [5.74, 6) is 0.752. The zero-order chi connectivity index (χ0) is 7.61. The highest BCUT2D eigenvalue weighted by atomic mass is 14.6. The standard InChI is InChI=1S/C9H17N/c1-3-9(7-10)6-4-5-8(9)2/h4,6,8H,3,5,7,10H2,1-2H3/t8?,9-/m0/s1. The van der Waals surface area contributed by atoms with Crippen molar-refractivity contribution < 1.29 is 0 Å². The van der Waals surface area contributed by atoms with Crippen molar-refractivity contribution in [1.82, 2.24) is 0 Å². The third-order valence-electron chi connectivity index (χ3n) is 2.96. The molecule has 0 spiro atoms. The molecule has 10 heavy (non-hydrogen) atoms. The van der Waals surface area contributed by atoms with E-state index >= 15 is 0 Å². The smallest absolute Gasteiger partial charge is 0.00303 e. The second-order valence-corrected chi connectivity index (χ2v) is 3.33. The molecule has 1 nitrogen and oxygen atoms in total. The number of nitrogens with two attached hydrogens (primary N) is 1. The highest BCUT2D eigenvalue weighted by Gasteiger charge is 2.32. The van der Waals surface area contributed by atoms with Crippen LogP contribution in [-0.4, -0.2) is 6.54 Å². The molecule has 1 aliphatic rings. The second-order valence-electron chi connectivity index (χ2n) is 3.33. The summed E-state index contributed by atoms with van der Waals surface area (Å²) in [6.07, 6.45) is 6.96. The Kier molecular flexibility index (Phi) is 2.14. The first-order chi connectivity index (χ1) is 4.75. The van der Waals surface area contributed by atoms with E-state index in [1.165, 1.54) is 12.8 Å². The maximum absolute atomic E-state index is 5.72. The van der Waals surface area contributed by atoms with Crippen LogP contribution in [0.1, 0.15) is 26.7 Å². The van der Waals surface area contributed by atoms with E-state index in [2.05, 4.69) is 26.0 Å². The van der Waals surface area contributed by atoms with E-state index < -0.39 is 0 Å². The fourth-order valence-electron chi connectivity index (χ4n) is 1.79. The average Bonchev–Trinajstić information content (AvgIpc) is 2.32. The van der Waals surface area contributed by atoms with Crippen LogP contribution >= 0.6 is 0 Å². The van der Waals surface area contributed by atoms with E-state index in [1.54, 1.807) is 0 Å². The van der Waals surface area contributed by atoms with Gasteiger partial charge in [-0.05, 0) is 18.8 Å². The number of allylic oxidation sites excluding steroid dienone is 1. The van der Waals surface area contributed by atoms with Gasteiger partial charge in [-0.3, -0.25) is 0 Å². The molecule has 1 aliphatic carbocycles. The zero-order valence-corrected chi connectivity index (χ0v) is 6.93. The Hall–Kier alpha value is -0.300. The Balaban J connectivity index is 2.71. The molecule has 0 amide bonds. The molecule has 2 atom stereocenters. The molecule has 0 radical (unpaired) electrons. The molecular formula is C9H17N. The molecule has 0 fully saturated rings. The summed E-state index contributed by atoms with van der Waals surface area (Å²) in [7, 11) is 0. The van der Waals surface area contributed by atoms with Gasteiger partial charge in [-0.25, -0.2) is 0 Å². The largest absolute Gasteiger partial charge is 0.330 e. The molecule has 0 saturated heterocycles. The summed E-state index contributed by atoms with van der Waals surface area (Å²) >= 11 is 0. The van der Waals surface area contributed by atoms with Crippen molar-refractivity contribution in [3.05, 3.63) is 12.2 Å². The second kappa shape index (κ2) is 2.75. The minimum atomic E-state index is 0.333. The Morgan fingerprint density at radius 2 is 2.40 bits per heavy atom. The lowest BCUT2D eigenvalue weighted by molar-refractivity contribution is 0.269. The minimum Gasteiger partial charge on any atom is -0.330 e. The Bertz CT molecular complexity index is 134. The highest BCUT2D eigenvalue weighted by Crippen LogP contribution is 2.39. The Labute approximate surface area is 63.3 Å². The van der Waals surface area contributed by atoms with Gasteiger partial charge in [0.2, 0.25) is 0 Å². The lowest BCUT2D eigenvalue weighted by Gasteiger charge is -2.29. The zero-order valence-electron chi connectivity index (χ0n) is 6.93. The van der Waals surface area contributed by atoms with Crippen LogP contribution in [0.15, 0.2) is 12.2 Å². The first-order valence-corrected chi connectivity index (χ1v) is 4.13. The first kappa shape index (κ1) is 7.80. The third-order valence-corrected chi connectivity index (χ3v) is 2.96. The van der Waals surface area contributed by atoms with Gasteiger partial charge < -0.3 is 5.73 Å². The third kappa shape index (κ3) is 0.988. The van der Waals surface area contributed by atoms with Gasteiger partial charge in [-0.15, -0.1) is 0 Å². The maximum atomic E-state index is 5.72. The van der Waals surface area contributed by atoms with Crippen molar-refractivity contribution >= 4 is 0 Å². The van der Waals surface area contributed by atoms with Crippen LogP contribution < -0.4 is 5.73 Å². The molecule has 1 unspecified atom stereocenters. The molecule has 0 aromatic heterocycles. The van der Waals surface area contributed by atoms with Crippen molar-refractivity contribution in [1.29, 1.82) is 0 Å². The van der Waals surface area contributed by atoms with Crippen LogP contribution in [0.2, 0.25) is 0 Å². The number of hydrogen-bond acceptors (Lipinski definition) is 1. The molecule has 0 heterocycles. The molecule has 1 rings (SSSR count). The van der Waals surface area contributed by atoms with Gasteiger partial charge in [0.15, 0.2) is 0 Å². The summed E-state index contributed by atoms with van der Waals surface area (Å²) in [5.41, 5.74) is 6.05. The predicted octanol–water partition coefficient (Wildman–Crippen LogP) is 1.94. The summed E-state index contributed by atoms with van der Waals surface area (Å²) in [4.78, 5) is 0. The van der Waals surface area contributed by atoms with E-state index in [0.717, 1.165) is 12.5 Å². The normalized spacial score (nSPS) is 38.9. The molecule has 0 aromatic rings. The molecule has 0 bridgehead atoms. The number of hydrogen-bond donors (Lipinski definition) is 1. The van der Waals surface area contributed by atoms with E-state index in [4.69, 9.17) is 5.73 Å². The average molecular weight is 139 g/mol. The SMILES string of the molecule is CC[C@@]1(CN)C=CCC1C. The minimum absolute atomic E-state index is 0.333. The van der Waals surface area contributed by atoms with Crippen LogP contribution in [0.25, 0.3) is 0 Å². The lowest BCUT2D eigenvalue weighted by atomic mass is 9.77. The van der Waals surface area contributed by atoms with Crippen molar-refractivity contribution in [2.45, 2.75) is 26.7 Å². The molecule has 2 N–H and O–H groups in total. The molecule has 0 aromatic carbocycles. The monoisotopic (exact) mass is 139 g/mol. The van der Waals surface area contributed by atoms with Crippen LogP contribution in [-0.2, 0) is 0 Å². The molecule has 0 aliphatic heterocycles. The van der Waals surface area contributed by atoms with Crippen molar-refractivity contribution in [3.63, 3.8) is 0 Å². The van der Waals surface area contributed by atoms with Crippen LogP contribution in [0.3, 0.4) is 0 Å². The van der Waals surface area contributed by atoms with E-state index in [0.29, 0.717) is 5.41 Å². The van der Waals surface area contributed by atoms with Gasteiger partial charge in [-0.2, -0.15) is 0 Å². The fraction of sp³-hybridized carbons (Fsp3) is 0.778. The summed E-state index contributed by atoms with van der Waals surface area (Å²) in [6.45, 7) is 5.32. The Morgan fingerprint density at radius 3 is 2.60 bits per heavy atom. The van der Waals surface area contributed by atoms with Gasteiger partial charge in [0.1, 0.15) is 0 Å². The van der Waals surface area contributed by atoms with Crippen molar-refractivity contribution in [2.75, 3.05) is 6.54 Å².